The molecule has 1 aliphatic carbocycles. The Morgan fingerprint density at radius 2 is 1.70 bits per heavy atom. The minimum Gasteiger partial charge on any atom is -0.511 e. The van der Waals surface area contributed by atoms with Gasteiger partial charge in [-0.2, -0.15) is 0 Å². The number of hydrogen-bond acceptors (Lipinski definition) is 3. The van der Waals surface area contributed by atoms with Gasteiger partial charge in [-0.15, -0.1) is 0 Å². The van der Waals surface area contributed by atoms with Crippen molar-refractivity contribution in [1.29, 1.82) is 0 Å². The first-order chi connectivity index (χ1) is 14.7. The maximum absolute atomic E-state index is 13.1. The lowest BCUT2D eigenvalue weighted by atomic mass is 9.78. The number of ketones is 1. The quantitative estimate of drug-likeness (QED) is 0.412. The van der Waals surface area contributed by atoms with E-state index in [-0.39, 0.29) is 17.5 Å². The Hall–Kier alpha value is -3.20. The van der Waals surface area contributed by atoms with Crippen LogP contribution in [0, 0.1) is 0 Å². The average molecular weight is 398 g/mol. The van der Waals surface area contributed by atoms with Crippen molar-refractivity contribution in [2.75, 3.05) is 6.54 Å². The van der Waals surface area contributed by atoms with Gasteiger partial charge in [0.25, 0.3) is 0 Å². The maximum atomic E-state index is 13.1. The Morgan fingerprint density at radius 1 is 0.967 bits per heavy atom. The Morgan fingerprint density at radius 3 is 2.50 bits per heavy atom. The summed E-state index contributed by atoms with van der Waals surface area (Å²) in [5.74, 6) is 0.240. The van der Waals surface area contributed by atoms with Gasteiger partial charge in [-0.3, -0.25) is 9.79 Å². The second kappa shape index (κ2) is 9.08. The number of aliphatic imine (C=N–C) groups is 1. The van der Waals surface area contributed by atoms with Gasteiger partial charge in [-0.1, -0.05) is 79.7 Å². The molecular formula is C27H27NO2. The molecule has 4 rings (SSSR count). The second-order valence-corrected chi connectivity index (χ2v) is 7.90. The van der Waals surface area contributed by atoms with E-state index in [1.807, 2.05) is 42.5 Å². The molecule has 1 fully saturated rings. The fraction of sp³-hybridized carbons (Fsp3) is 0.259. The molecule has 0 saturated heterocycles. The van der Waals surface area contributed by atoms with Crippen LogP contribution in [0.5, 0.6) is 0 Å². The molecule has 152 valence electrons. The number of carbonyl (C=O) groups is 1. The lowest BCUT2D eigenvalue weighted by Crippen LogP contribution is -2.27. The highest BCUT2D eigenvalue weighted by Crippen LogP contribution is 2.34. The summed E-state index contributed by atoms with van der Waals surface area (Å²) in [5.41, 5.74) is 3.36. The van der Waals surface area contributed by atoms with Gasteiger partial charge in [0.15, 0.2) is 5.78 Å². The third kappa shape index (κ3) is 4.20. The van der Waals surface area contributed by atoms with E-state index in [4.69, 9.17) is 4.99 Å². The van der Waals surface area contributed by atoms with Gasteiger partial charge in [0.05, 0.1) is 5.57 Å². The monoisotopic (exact) mass is 397 g/mol. The SMILES string of the molecule is CCCN=C1CC(c2ccccc2)CC(=O)/C1=C(\O)Cc1cccc2ccccc12. The normalized spacial score (nSPS) is 20.0. The van der Waals surface area contributed by atoms with Crippen molar-refractivity contribution in [2.45, 2.75) is 38.5 Å². The predicted molar refractivity (Wildman–Crippen MR) is 123 cm³/mol. The fourth-order valence-corrected chi connectivity index (χ4v) is 4.29. The van der Waals surface area contributed by atoms with Crippen molar-refractivity contribution < 1.29 is 9.90 Å². The lowest BCUT2D eigenvalue weighted by molar-refractivity contribution is -0.115. The summed E-state index contributed by atoms with van der Waals surface area (Å²) < 4.78 is 0. The Bertz CT molecular complexity index is 1110. The summed E-state index contributed by atoms with van der Waals surface area (Å²) in [6.45, 7) is 2.73. The van der Waals surface area contributed by atoms with E-state index in [0.29, 0.717) is 31.4 Å². The molecule has 3 heteroatoms. The van der Waals surface area contributed by atoms with Crippen LogP contribution in [0.1, 0.15) is 43.2 Å². The molecule has 0 bridgehead atoms. The Kier molecular flexibility index (Phi) is 6.08. The molecule has 0 radical (unpaired) electrons. The highest BCUT2D eigenvalue weighted by Gasteiger charge is 2.32. The zero-order valence-corrected chi connectivity index (χ0v) is 17.3. The standard InChI is InChI=1S/C27H27NO2/c1-2-15-28-24-16-22(19-9-4-3-5-10-19)18-26(30)27(24)25(29)17-21-13-8-12-20-11-6-7-14-23(20)21/h3-14,22,29H,2,15-18H2,1H3/b27-25-,28-24?. The zero-order valence-electron chi connectivity index (χ0n) is 17.3. The molecule has 1 N–H and O–H groups in total. The fourth-order valence-electron chi connectivity index (χ4n) is 4.29. The minimum atomic E-state index is -0.0114. The number of fused-ring (bicyclic) bond motifs is 1. The van der Waals surface area contributed by atoms with Gasteiger partial charge in [0.2, 0.25) is 0 Å². The number of allylic oxidation sites excluding steroid dienone is 2. The van der Waals surface area contributed by atoms with E-state index in [9.17, 15) is 9.90 Å². The van der Waals surface area contributed by atoms with Gasteiger partial charge in [0, 0.05) is 25.1 Å². The molecule has 3 nitrogen and oxygen atoms in total. The predicted octanol–water partition coefficient (Wildman–Crippen LogP) is 6.19. The second-order valence-electron chi connectivity index (χ2n) is 7.90. The van der Waals surface area contributed by atoms with Crippen LogP contribution < -0.4 is 0 Å². The number of aliphatic hydroxyl groups excluding tert-OH is 1. The summed E-state index contributed by atoms with van der Waals surface area (Å²) in [7, 11) is 0. The van der Waals surface area contributed by atoms with Crippen LogP contribution in [-0.2, 0) is 11.2 Å². The van der Waals surface area contributed by atoms with Gasteiger partial charge in [0.1, 0.15) is 5.76 Å². The molecule has 1 unspecified atom stereocenters. The highest BCUT2D eigenvalue weighted by atomic mass is 16.3. The molecule has 0 aliphatic heterocycles. The molecule has 1 aliphatic rings. The lowest BCUT2D eigenvalue weighted by Gasteiger charge is -2.26. The van der Waals surface area contributed by atoms with E-state index in [1.54, 1.807) is 0 Å². The summed E-state index contributed by atoms with van der Waals surface area (Å²) in [4.78, 5) is 17.9. The smallest absolute Gasteiger partial charge is 0.168 e. The number of nitrogens with zero attached hydrogens (tertiary/aromatic N) is 1. The molecule has 1 saturated carbocycles. The molecule has 3 aromatic carbocycles. The van der Waals surface area contributed by atoms with E-state index >= 15 is 0 Å². The van der Waals surface area contributed by atoms with Gasteiger partial charge in [-0.05, 0) is 40.7 Å². The van der Waals surface area contributed by atoms with Gasteiger partial charge < -0.3 is 5.11 Å². The zero-order chi connectivity index (χ0) is 20.9. The van der Waals surface area contributed by atoms with E-state index in [0.717, 1.165) is 34.0 Å². The number of hydrogen-bond donors (Lipinski definition) is 1. The van der Waals surface area contributed by atoms with Gasteiger partial charge in [-0.25, -0.2) is 0 Å². The van der Waals surface area contributed by atoms with E-state index in [1.165, 1.54) is 0 Å². The van der Waals surface area contributed by atoms with Crippen LogP contribution in [0.2, 0.25) is 0 Å². The third-order valence-electron chi connectivity index (χ3n) is 5.76. The van der Waals surface area contributed by atoms with Crippen molar-refractivity contribution in [3.05, 3.63) is 95.3 Å². The van der Waals surface area contributed by atoms with Crippen LogP contribution in [-0.4, -0.2) is 23.1 Å². The first-order valence-corrected chi connectivity index (χ1v) is 10.7. The number of benzene rings is 3. The van der Waals surface area contributed by atoms with Crippen molar-refractivity contribution in [3.63, 3.8) is 0 Å². The van der Waals surface area contributed by atoms with Crippen molar-refractivity contribution in [2.24, 2.45) is 4.99 Å². The maximum Gasteiger partial charge on any atom is 0.168 e. The Labute approximate surface area is 177 Å². The van der Waals surface area contributed by atoms with E-state index in [2.05, 4.69) is 37.3 Å². The molecule has 30 heavy (non-hydrogen) atoms. The highest BCUT2D eigenvalue weighted by molar-refractivity contribution is 6.24. The largest absolute Gasteiger partial charge is 0.511 e. The topological polar surface area (TPSA) is 49.7 Å². The number of aliphatic hydroxyl groups is 1. The summed E-state index contributed by atoms with van der Waals surface area (Å²) >= 11 is 0. The van der Waals surface area contributed by atoms with Crippen molar-refractivity contribution in [1.82, 2.24) is 0 Å². The molecular weight excluding hydrogens is 370 g/mol. The minimum absolute atomic E-state index is 0.0114. The van der Waals surface area contributed by atoms with Crippen LogP contribution in [0.15, 0.2) is 89.1 Å². The summed E-state index contributed by atoms with van der Waals surface area (Å²) in [6, 6.07) is 24.3. The number of rotatable bonds is 5. The molecule has 3 aromatic rings. The Balaban J connectivity index is 1.69. The molecule has 0 amide bonds. The molecule has 0 heterocycles. The third-order valence-corrected chi connectivity index (χ3v) is 5.76. The first-order valence-electron chi connectivity index (χ1n) is 10.7. The van der Waals surface area contributed by atoms with Crippen molar-refractivity contribution in [3.8, 4) is 0 Å². The number of carbonyl (C=O) groups excluding carboxylic acids is 1. The molecule has 1 atom stereocenters. The van der Waals surface area contributed by atoms with Crippen LogP contribution in [0.3, 0.4) is 0 Å². The summed E-state index contributed by atoms with van der Waals surface area (Å²) in [5, 5.41) is 13.3. The van der Waals surface area contributed by atoms with Gasteiger partial charge >= 0.3 is 0 Å². The average Bonchev–Trinajstić information content (AvgIpc) is 2.78. The first kappa shape index (κ1) is 20.1. The van der Waals surface area contributed by atoms with E-state index < -0.39 is 0 Å². The van der Waals surface area contributed by atoms with Crippen LogP contribution in [0.4, 0.5) is 0 Å². The van der Waals surface area contributed by atoms with Crippen LogP contribution in [0.25, 0.3) is 10.8 Å². The van der Waals surface area contributed by atoms with Crippen molar-refractivity contribution >= 4 is 22.3 Å². The summed E-state index contributed by atoms with van der Waals surface area (Å²) in [6.07, 6.45) is 2.34. The van der Waals surface area contributed by atoms with Crippen LogP contribution >= 0.6 is 0 Å². The number of Topliss-reactive ketones (excluding diaryl/α,β-unsaturated/α-hetero) is 1. The molecule has 0 aromatic heterocycles. The molecule has 0 spiro atoms.